The molecule has 3 aromatic heterocycles. The van der Waals surface area contributed by atoms with Crippen molar-refractivity contribution in [3.05, 3.63) is 46.6 Å². The van der Waals surface area contributed by atoms with Crippen LogP contribution in [0.25, 0.3) is 10.9 Å². The van der Waals surface area contributed by atoms with E-state index in [1.54, 1.807) is 7.05 Å². The van der Waals surface area contributed by atoms with E-state index in [9.17, 15) is 27.6 Å². The third-order valence-corrected chi connectivity index (χ3v) is 5.69. The van der Waals surface area contributed by atoms with Gasteiger partial charge in [0.25, 0.3) is 11.5 Å². The number of nitrogens with zero attached hydrogens (tertiary/aromatic N) is 3. The summed E-state index contributed by atoms with van der Waals surface area (Å²) in [5.74, 6) is -1.37. The summed E-state index contributed by atoms with van der Waals surface area (Å²) < 4.78 is 64.0. The Morgan fingerprint density at radius 3 is 2.68 bits per heavy atom. The number of pyridine rings is 2. The largest absolute Gasteiger partial charge is 0.408 e. The van der Waals surface area contributed by atoms with Gasteiger partial charge in [0.05, 0.1) is 27.8 Å². The standard InChI is InChI=1S/C22H23F3N6O3/c1-11(22(23,24)25)31-7-6-16-18(21(31)34)15(10-30(16)3)28-14-8-17(29-19(32)12-4-5-12)27-9-13(14)20(33)26-2/h6-12H,4-5H2,1-3H3,(H,26,33)(H2,27,28,29,32)/t11-/m1/s1/i2D3. The third-order valence-electron chi connectivity index (χ3n) is 5.69. The second-order valence-corrected chi connectivity index (χ2v) is 8.12. The SMILES string of the molecule is [2H]C([2H])([2H])NC(=O)c1cnc(NC(=O)C2CC2)cc1Nc1cn(C)c2ccn([C@H](C)C(F)(F)F)c(=O)c12. The fourth-order valence-electron chi connectivity index (χ4n) is 3.57. The molecule has 0 unspecified atom stereocenters. The molecule has 12 heteroatoms. The van der Waals surface area contributed by atoms with E-state index in [0.717, 1.165) is 32.2 Å². The van der Waals surface area contributed by atoms with Crippen molar-refractivity contribution in [2.24, 2.45) is 13.0 Å². The molecule has 9 nitrogen and oxygen atoms in total. The molecule has 3 aromatic rings. The first-order valence-corrected chi connectivity index (χ1v) is 10.3. The molecule has 34 heavy (non-hydrogen) atoms. The fourth-order valence-corrected chi connectivity index (χ4v) is 3.57. The van der Waals surface area contributed by atoms with Crippen LogP contribution < -0.4 is 21.5 Å². The number of hydrogen-bond acceptors (Lipinski definition) is 5. The summed E-state index contributed by atoms with van der Waals surface area (Å²) in [5.41, 5.74) is -0.774. The molecular formula is C22H23F3N6O3. The molecule has 0 aromatic carbocycles. The first kappa shape index (κ1) is 19.6. The molecule has 0 radical (unpaired) electrons. The number of alkyl halides is 3. The van der Waals surface area contributed by atoms with Gasteiger partial charge in [0.1, 0.15) is 11.9 Å². The van der Waals surface area contributed by atoms with E-state index in [0.29, 0.717) is 10.1 Å². The zero-order chi connectivity index (χ0) is 27.3. The summed E-state index contributed by atoms with van der Waals surface area (Å²) in [5, 5.41) is 7.23. The molecule has 1 atom stereocenters. The number of anilines is 3. The zero-order valence-corrected chi connectivity index (χ0v) is 18.2. The lowest BCUT2D eigenvalue weighted by molar-refractivity contribution is -0.163. The van der Waals surface area contributed by atoms with Gasteiger partial charge in [0, 0.05) is 48.7 Å². The second kappa shape index (κ2) is 8.50. The Labute approximate surface area is 196 Å². The Bertz CT molecular complexity index is 1440. The normalized spacial score (nSPS) is 16.3. The van der Waals surface area contributed by atoms with Crippen molar-refractivity contribution in [1.82, 2.24) is 19.4 Å². The Kier molecular flexibility index (Phi) is 4.91. The van der Waals surface area contributed by atoms with Crippen molar-refractivity contribution in [2.45, 2.75) is 32.0 Å². The van der Waals surface area contributed by atoms with Crippen LogP contribution in [-0.2, 0) is 11.8 Å². The van der Waals surface area contributed by atoms with Crippen LogP contribution in [0.3, 0.4) is 0 Å². The number of rotatable bonds is 6. The smallest absolute Gasteiger partial charge is 0.355 e. The topological polar surface area (TPSA) is 110 Å². The molecule has 3 N–H and O–H groups in total. The molecule has 0 aliphatic heterocycles. The molecule has 0 spiro atoms. The summed E-state index contributed by atoms with van der Waals surface area (Å²) in [7, 11) is 1.58. The number of halogens is 3. The average Bonchev–Trinajstić information content (AvgIpc) is 3.57. The highest BCUT2D eigenvalue weighted by Gasteiger charge is 2.38. The number of nitrogens with one attached hydrogen (secondary N) is 3. The predicted octanol–water partition coefficient (Wildman–Crippen LogP) is 3.31. The van der Waals surface area contributed by atoms with Gasteiger partial charge in [0.15, 0.2) is 0 Å². The number of carbonyl (C=O) groups excluding carboxylic acids is 2. The van der Waals surface area contributed by atoms with Crippen molar-refractivity contribution >= 4 is 39.9 Å². The Morgan fingerprint density at radius 2 is 2.03 bits per heavy atom. The molecule has 4 rings (SSSR count). The highest BCUT2D eigenvalue weighted by molar-refractivity contribution is 6.03. The van der Waals surface area contributed by atoms with Crippen LogP contribution in [0.5, 0.6) is 0 Å². The molecule has 1 saturated carbocycles. The summed E-state index contributed by atoms with van der Waals surface area (Å²) >= 11 is 0. The van der Waals surface area contributed by atoms with Crippen LogP contribution in [0.4, 0.5) is 30.4 Å². The van der Waals surface area contributed by atoms with E-state index in [1.807, 2.05) is 5.32 Å². The third kappa shape index (κ3) is 4.35. The monoisotopic (exact) mass is 479 g/mol. The van der Waals surface area contributed by atoms with E-state index < -0.39 is 30.7 Å². The lowest BCUT2D eigenvalue weighted by Crippen LogP contribution is -2.32. The first-order chi connectivity index (χ1) is 17.2. The minimum atomic E-state index is -4.67. The van der Waals surface area contributed by atoms with Crippen molar-refractivity contribution in [3.8, 4) is 0 Å². The lowest BCUT2D eigenvalue weighted by Gasteiger charge is -2.18. The summed E-state index contributed by atoms with van der Waals surface area (Å²) in [6.07, 6.45) is 0.354. The molecular weight excluding hydrogens is 453 g/mol. The van der Waals surface area contributed by atoms with Crippen molar-refractivity contribution < 1.29 is 26.9 Å². The quantitative estimate of drug-likeness (QED) is 0.503. The van der Waals surface area contributed by atoms with Gasteiger partial charge in [-0.05, 0) is 25.8 Å². The molecule has 2 amide bonds. The maximum atomic E-state index is 13.3. The number of hydrogen-bond donors (Lipinski definition) is 3. The Balaban J connectivity index is 1.80. The molecule has 1 aliphatic carbocycles. The van der Waals surface area contributed by atoms with Gasteiger partial charge < -0.3 is 25.1 Å². The van der Waals surface area contributed by atoms with Crippen molar-refractivity contribution in [2.75, 3.05) is 17.6 Å². The zero-order valence-electron chi connectivity index (χ0n) is 21.2. The van der Waals surface area contributed by atoms with E-state index in [1.165, 1.54) is 22.9 Å². The average molecular weight is 479 g/mol. The predicted molar refractivity (Wildman–Crippen MR) is 120 cm³/mol. The lowest BCUT2D eigenvalue weighted by atomic mass is 10.2. The maximum Gasteiger partial charge on any atom is 0.408 e. The highest BCUT2D eigenvalue weighted by atomic mass is 19.4. The maximum absolute atomic E-state index is 13.3. The minimum absolute atomic E-state index is 0.0194. The fraction of sp³-hybridized carbons (Fsp3) is 0.364. The molecule has 0 bridgehead atoms. The van der Waals surface area contributed by atoms with Crippen molar-refractivity contribution in [3.63, 3.8) is 0 Å². The van der Waals surface area contributed by atoms with Crippen LogP contribution in [0.15, 0.2) is 35.5 Å². The van der Waals surface area contributed by atoms with Gasteiger partial charge in [-0.15, -0.1) is 0 Å². The van der Waals surface area contributed by atoms with Crippen LogP contribution in [0, 0.1) is 5.92 Å². The number of aryl methyl sites for hydroxylation is 1. The highest BCUT2D eigenvalue weighted by Crippen LogP contribution is 2.33. The van der Waals surface area contributed by atoms with Gasteiger partial charge in [-0.25, -0.2) is 4.98 Å². The number of amides is 2. The first-order valence-electron chi connectivity index (χ1n) is 11.8. The van der Waals surface area contributed by atoms with Gasteiger partial charge in [-0.2, -0.15) is 13.2 Å². The molecule has 0 saturated heterocycles. The number of carbonyl (C=O) groups is 2. The van der Waals surface area contributed by atoms with Crippen molar-refractivity contribution in [1.29, 1.82) is 0 Å². The molecule has 3 heterocycles. The Hall–Kier alpha value is -3.83. The van der Waals surface area contributed by atoms with Crippen LogP contribution in [0.2, 0.25) is 0 Å². The molecule has 180 valence electrons. The molecule has 1 aliphatic rings. The second-order valence-electron chi connectivity index (χ2n) is 8.12. The number of fused-ring (bicyclic) bond motifs is 1. The van der Waals surface area contributed by atoms with E-state index >= 15 is 0 Å². The van der Waals surface area contributed by atoms with Gasteiger partial charge >= 0.3 is 6.18 Å². The van der Waals surface area contributed by atoms with E-state index in [-0.39, 0.29) is 40.0 Å². The van der Waals surface area contributed by atoms with Crippen LogP contribution in [0.1, 0.15) is 40.3 Å². The van der Waals surface area contributed by atoms with Gasteiger partial charge in [-0.3, -0.25) is 14.4 Å². The molecule has 1 fully saturated rings. The van der Waals surface area contributed by atoms with Gasteiger partial charge in [0.2, 0.25) is 5.91 Å². The van der Waals surface area contributed by atoms with Crippen LogP contribution >= 0.6 is 0 Å². The Morgan fingerprint density at radius 1 is 1.29 bits per heavy atom. The summed E-state index contributed by atoms with van der Waals surface area (Å²) in [6.45, 7) is -1.95. The number of aromatic nitrogens is 3. The summed E-state index contributed by atoms with van der Waals surface area (Å²) in [6, 6.07) is 0.552. The van der Waals surface area contributed by atoms with Gasteiger partial charge in [-0.1, -0.05) is 0 Å². The van der Waals surface area contributed by atoms with E-state index in [2.05, 4.69) is 15.6 Å². The van der Waals surface area contributed by atoms with E-state index in [4.69, 9.17) is 4.11 Å². The minimum Gasteiger partial charge on any atom is -0.355 e. The summed E-state index contributed by atoms with van der Waals surface area (Å²) in [4.78, 5) is 42.0. The van der Waals surface area contributed by atoms with Crippen LogP contribution in [-0.4, -0.2) is 39.1 Å².